The number of carbonyl (C=O) groups excluding carboxylic acids is 1. The molecule has 27 heavy (non-hydrogen) atoms. The number of benzene rings is 2. The van der Waals surface area contributed by atoms with Gasteiger partial charge in [0.2, 0.25) is 0 Å². The molecule has 0 aromatic heterocycles. The molecule has 0 aliphatic heterocycles. The Morgan fingerprint density at radius 2 is 1.63 bits per heavy atom. The summed E-state index contributed by atoms with van der Waals surface area (Å²) in [6.07, 6.45) is 0. The minimum Gasteiger partial charge on any atom is -0.496 e. The monoisotopic (exact) mass is 390 g/mol. The zero-order valence-electron chi connectivity index (χ0n) is 16.5. The van der Waals surface area contributed by atoms with E-state index >= 15 is 0 Å². The molecule has 0 saturated carbocycles. The highest BCUT2D eigenvalue weighted by atomic mass is 32.2. The van der Waals surface area contributed by atoms with Gasteiger partial charge in [-0.1, -0.05) is 17.7 Å². The first kappa shape index (κ1) is 20.8. The number of anilines is 1. The number of hydrogen-bond acceptors (Lipinski definition) is 4. The van der Waals surface area contributed by atoms with Crippen LogP contribution in [0.3, 0.4) is 0 Å². The SMILES string of the molecule is COc1ccc(S(=O)(=O)Nc2c(C)cc(C)cc2C)cc1C(=O)NC(C)C. The molecule has 146 valence electrons. The topological polar surface area (TPSA) is 84.5 Å². The lowest BCUT2D eigenvalue weighted by molar-refractivity contribution is 0.0940. The van der Waals surface area contributed by atoms with E-state index in [0.29, 0.717) is 11.4 Å². The van der Waals surface area contributed by atoms with Gasteiger partial charge in [-0.15, -0.1) is 0 Å². The van der Waals surface area contributed by atoms with Gasteiger partial charge in [0.05, 0.1) is 23.3 Å². The molecule has 0 atom stereocenters. The zero-order chi connectivity index (χ0) is 20.4. The number of carbonyl (C=O) groups is 1. The summed E-state index contributed by atoms with van der Waals surface area (Å²) in [6.45, 7) is 9.33. The average Bonchev–Trinajstić information content (AvgIpc) is 2.57. The normalized spacial score (nSPS) is 11.4. The highest BCUT2D eigenvalue weighted by Gasteiger charge is 2.21. The average molecular weight is 391 g/mol. The summed E-state index contributed by atoms with van der Waals surface area (Å²) in [7, 11) is -2.43. The van der Waals surface area contributed by atoms with Crippen LogP contribution >= 0.6 is 0 Å². The summed E-state index contributed by atoms with van der Waals surface area (Å²) in [6, 6.07) is 7.99. The number of sulfonamides is 1. The van der Waals surface area contributed by atoms with Gasteiger partial charge >= 0.3 is 0 Å². The second-order valence-electron chi connectivity index (χ2n) is 6.87. The Hall–Kier alpha value is -2.54. The van der Waals surface area contributed by atoms with Crippen LogP contribution in [-0.4, -0.2) is 27.5 Å². The summed E-state index contributed by atoms with van der Waals surface area (Å²) < 4.78 is 33.7. The third kappa shape index (κ3) is 4.80. The number of ether oxygens (including phenoxy) is 1. The molecular formula is C20H26N2O4S. The molecule has 0 heterocycles. The lowest BCUT2D eigenvalue weighted by Gasteiger charge is -2.16. The van der Waals surface area contributed by atoms with E-state index in [0.717, 1.165) is 16.7 Å². The van der Waals surface area contributed by atoms with E-state index in [1.54, 1.807) is 0 Å². The van der Waals surface area contributed by atoms with E-state index in [1.165, 1.54) is 25.3 Å². The third-order valence-corrected chi connectivity index (χ3v) is 5.41. The maximum atomic E-state index is 12.9. The van der Waals surface area contributed by atoms with Crippen molar-refractivity contribution in [1.82, 2.24) is 5.32 Å². The fourth-order valence-corrected chi connectivity index (χ4v) is 4.13. The van der Waals surface area contributed by atoms with Gasteiger partial charge in [-0.25, -0.2) is 8.42 Å². The lowest BCUT2D eigenvalue weighted by Crippen LogP contribution is -2.30. The Morgan fingerprint density at radius 1 is 1.04 bits per heavy atom. The van der Waals surface area contributed by atoms with Gasteiger partial charge in [0, 0.05) is 6.04 Å². The highest BCUT2D eigenvalue weighted by molar-refractivity contribution is 7.92. The smallest absolute Gasteiger partial charge is 0.261 e. The number of methoxy groups -OCH3 is 1. The van der Waals surface area contributed by atoms with Crippen LogP contribution in [0, 0.1) is 20.8 Å². The van der Waals surface area contributed by atoms with Crippen LogP contribution in [0.4, 0.5) is 5.69 Å². The van der Waals surface area contributed by atoms with E-state index in [1.807, 2.05) is 46.8 Å². The molecule has 6 nitrogen and oxygen atoms in total. The number of nitrogens with one attached hydrogen (secondary N) is 2. The Bertz CT molecular complexity index is 943. The van der Waals surface area contributed by atoms with Crippen LogP contribution in [0.1, 0.15) is 40.9 Å². The summed E-state index contributed by atoms with van der Waals surface area (Å²) in [5.74, 6) is -0.0728. The van der Waals surface area contributed by atoms with Crippen LogP contribution in [0.2, 0.25) is 0 Å². The van der Waals surface area contributed by atoms with Gasteiger partial charge in [0.15, 0.2) is 0 Å². The lowest BCUT2D eigenvalue weighted by atomic mass is 10.1. The van der Waals surface area contributed by atoms with Crippen molar-refractivity contribution in [2.24, 2.45) is 0 Å². The molecule has 0 fully saturated rings. The number of rotatable bonds is 6. The Balaban J connectivity index is 2.46. The molecule has 0 bridgehead atoms. The number of aryl methyl sites for hydroxylation is 3. The molecule has 2 aromatic carbocycles. The maximum Gasteiger partial charge on any atom is 0.261 e. The predicted octanol–water partition coefficient (Wildman–Crippen LogP) is 3.56. The van der Waals surface area contributed by atoms with Crippen molar-refractivity contribution in [1.29, 1.82) is 0 Å². The van der Waals surface area contributed by atoms with Crippen molar-refractivity contribution < 1.29 is 17.9 Å². The maximum absolute atomic E-state index is 12.9. The first-order valence-electron chi connectivity index (χ1n) is 8.64. The third-order valence-electron chi connectivity index (χ3n) is 4.06. The molecule has 7 heteroatoms. The molecule has 0 aliphatic carbocycles. The van der Waals surface area contributed by atoms with Crippen molar-refractivity contribution in [3.05, 3.63) is 52.6 Å². The summed E-state index contributed by atoms with van der Waals surface area (Å²) >= 11 is 0. The van der Waals surface area contributed by atoms with E-state index in [4.69, 9.17) is 4.74 Å². The quantitative estimate of drug-likeness (QED) is 0.790. The van der Waals surface area contributed by atoms with E-state index in [9.17, 15) is 13.2 Å². The molecule has 1 amide bonds. The fraction of sp³-hybridized carbons (Fsp3) is 0.350. The molecule has 2 N–H and O–H groups in total. The molecule has 0 unspecified atom stereocenters. The van der Waals surface area contributed by atoms with Crippen LogP contribution in [0.15, 0.2) is 35.2 Å². The van der Waals surface area contributed by atoms with Crippen molar-refractivity contribution >= 4 is 21.6 Å². The first-order chi connectivity index (χ1) is 12.5. The number of amides is 1. The summed E-state index contributed by atoms with van der Waals surface area (Å²) in [5.41, 5.74) is 3.45. The van der Waals surface area contributed by atoms with Gasteiger partial charge in [0.1, 0.15) is 5.75 Å². The van der Waals surface area contributed by atoms with Gasteiger partial charge in [-0.3, -0.25) is 9.52 Å². The number of hydrogen-bond donors (Lipinski definition) is 2. The van der Waals surface area contributed by atoms with Crippen LogP contribution in [-0.2, 0) is 10.0 Å². The van der Waals surface area contributed by atoms with Crippen LogP contribution in [0.25, 0.3) is 0 Å². The van der Waals surface area contributed by atoms with Crippen LogP contribution in [0.5, 0.6) is 5.75 Å². The Labute approximate surface area is 161 Å². The minimum absolute atomic E-state index is 0.00317. The first-order valence-corrected chi connectivity index (χ1v) is 10.1. The second-order valence-corrected chi connectivity index (χ2v) is 8.55. The second kappa shape index (κ2) is 8.00. The Morgan fingerprint density at radius 3 is 2.15 bits per heavy atom. The largest absolute Gasteiger partial charge is 0.496 e. The highest BCUT2D eigenvalue weighted by Crippen LogP contribution is 2.27. The predicted molar refractivity (Wildman–Crippen MR) is 107 cm³/mol. The molecule has 0 radical (unpaired) electrons. The summed E-state index contributed by atoms with van der Waals surface area (Å²) in [5, 5.41) is 2.75. The van der Waals surface area contributed by atoms with Gasteiger partial charge in [0.25, 0.3) is 15.9 Å². The molecule has 0 spiro atoms. The fourth-order valence-electron chi connectivity index (χ4n) is 2.91. The Kier molecular flexibility index (Phi) is 6.15. The summed E-state index contributed by atoms with van der Waals surface area (Å²) in [4.78, 5) is 12.4. The van der Waals surface area contributed by atoms with E-state index in [2.05, 4.69) is 10.0 Å². The van der Waals surface area contributed by atoms with E-state index in [-0.39, 0.29) is 22.4 Å². The van der Waals surface area contributed by atoms with E-state index < -0.39 is 10.0 Å². The molecule has 2 rings (SSSR count). The van der Waals surface area contributed by atoms with Crippen molar-refractivity contribution in [3.63, 3.8) is 0 Å². The standard InChI is InChI=1S/C20H26N2O4S/c1-12(2)21-20(23)17-11-16(7-8-18(17)26-6)27(24,25)22-19-14(4)9-13(3)10-15(19)5/h7-12,22H,1-6H3,(H,21,23). The zero-order valence-corrected chi connectivity index (χ0v) is 17.3. The van der Waals surface area contributed by atoms with Crippen molar-refractivity contribution in [3.8, 4) is 5.75 Å². The molecular weight excluding hydrogens is 364 g/mol. The van der Waals surface area contributed by atoms with Gasteiger partial charge in [-0.2, -0.15) is 0 Å². The van der Waals surface area contributed by atoms with Crippen LogP contribution < -0.4 is 14.8 Å². The molecule has 2 aromatic rings. The minimum atomic E-state index is -3.87. The molecule has 0 saturated heterocycles. The van der Waals surface area contributed by atoms with Crippen molar-refractivity contribution in [2.75, 3.05) is 11.8 Å². The van der Waals surface area contributed by atoms with Gasteiger partial charge in [-0.05, 0) is 63.9 Å². The van der Waals surface area contributed by atoms with Gasteiger partial charge < -0.3 is 10.1 Å². The molecule has 0 aliphatic rings. The van der Waals surface area contributed by atoms with Crippen molar-refractivity contribution in [2.45, 2.75) is 45.6 Å².